The van der Waals surface area contributed by atoms with Crippen molar-refractivity contribution in [3.05, 3.63) is 140 Å². The van der Waals surface area contributed by atoms with E-state index in [0.717, 1.165) is 28.1 Å². The topological polar surface area (TPSA) is 25.8 Å². The fourth-order valence-corrected chi connectivity index (χ4v) is 5.55. The van der Waals surface area contributed by atoms with Crippen molar-refractivity contribution in [2.24, 2.45) is 0 Å². The Labute approximate surface area is 221 Å². The van der Waals surface area contributed by atoms with Gasteiger partial charge in [0.15, 0.2) is 0 Å². The minimum Gasteiger partial charge on any atom is -0.256 e. The number of allylic oxidation sites excluding steroid dienone is 2. The summed E-state index contributed by atoms with van der Waals surface area (Å²) in [7, 11) is 0. The highest BCUT2D eigenvalue weighted by Crippen LogP contribution is 2.42. The molecule has 178 valence electrons. The van der Waals surface area contributed by atoms with E-state index >= 15 is 0 Å². The van der Waals surface area contributed by atoms with E-state index in [-0.39, 0.29) is 0 Å². The molecule has 0 saturated heterocycles. The molecule has 0 radical (unpaired) electrons. The van der Waals surface area contributed by atoms with E-state index in [2.05, 4.69) is 120 Å². The van der Waals surface area contributed by atoms with Crippen molar-refractivity contribution in [2.75, 3.05) is 0 Å². The molecule has 7 rings (SSSR count). The second-order valence-corrected chi connectivity index (χ2v) is 9.60. The Bertz CT molecular complexity index is 2000. The van der Waals surface area contributed by atoms with E-state index < -0.39 is 0 Å². The second-order valence-electron chi connectivity index (χ2n) is 9.60. The Hall–Kier alpha value is -5.08. The molecule has 0 aliphatic carbocycles. The third-order valence-electron chi connectivity index (χ3n) is 7.45. The summed E-state index contributed by atoms with van der Waals surface area (Å²) in [5.74, 6) is 0. The molecule has 38 heavy (non-hydrogen) atoms. The Balaban J connectivity index is 1.46. The average Bonchev–Trinajstić information content (AvgIpc) is 2.99. The highest BCUT2D eigenvalue weighted by Gasteiger charge is 2.15. The van der Waals surface area contributed by atoms with Crippen LogP contribution >= 0.6 is 0 Å². The normalized spacial score (nSPS) is 11.4. The van der Waals surface area contributed by atoms with E-state index in [1.165, 1.54) is 49.0 Å². The summed E-state index contributed by atoms with van der Waals surface area (Å²) in [6.07, 6.45) is 5.51. The van der Waals surface area contributed by atoms with E-state index in [4.69, 9.17) is 0 Å². The van der Waals surface area contributed by atoms with Crippen LogP contribution in [0.2, 0.25) is 0 Å². The fraction of sp³-hybridized carbons (Fsp3) is 0. The van der Waals surface area contributed by atoms with Crippen LogP contribution in [-0.2, 0) is 0 Å². The molecular weight excluding hydrogens is 460 g/mol. The predicted octanol–water partition coefficient (Wildman–Crippen LogP) is 9.57. The van der Waals surface area contributed by atoms with Gasteiger partial charge in [-0.2, -0.15) is 0 Å². The Morgan fingerprint density at radius 1 is 0.579 bits per heavy atom. The van der Waals surface area contributed by atoms with Gasteiger partial charge in [0.25, 0.3) is 0 Å². The van der Waals surface area contributed by atoms with Crippen LogP contribution in [0.1, 0.15) is 5.69 Å². The number of hydrogen-bond acceptors (Lipinski definition) is 2. The van der Waals surface area contributed by atoms with Gasteiger partial charge in [-0.05, 0) is 84.4 Å². The van der Waals surface area contributed by atoms with Gasteiger partial charge in [-0.3, -0.25) is 9.97 Å². The summed E-state index contributed by atoms with van der Waals surface area (Å²) in [6, 6.07) is 36.7. The molecule has 0 bridgehead atoms. The van der Waals surface area contributed by atoms with E-state index in [0.29, 0.717) is 0 Å². The molecule has 0 aliphatic heterocycles. The summed E-state index contributed by atoms with van der Waals surface area (Å²) in [5.41, 5.74) is 8.45. The maximum Gasteiger partial charge on any atom is 0.0708 e. The molecule has 0 amide bonds. The van der Waals surface area contributed by atoms with Gasteiger partial charge in [0.05, 0.1) is 11.4 Å². The van der Waals surface area contributed by atoms with Crippen LogP contribution in [0.4, 0.5) is 0 Å². The highest BCUT2D eigenvalue weighted by molar-refractivity contribution is 6.27. The number of hydrogen-bond donors (Lipinski definition) is 0. The van der Waals surface area contributed by atoms with Crippen LogP contribution in [-0.4, -0.2) is 9.97 Å². The first-order valence-electron chi connectivity index (χ1n) is 12.7. The van der Waals surface area contributed by atoms with Crippen molar-refractivity contribution in [3.8, 4) is 33.5 Å². The van der Waals surface area contributed by atoms with Crippen molar-refractivity contribution in [1.29, 1.82) is 0 Å². The molecule has 0 atom stereocenters. The number of nitrogens with zero attached hydrogens (tertiary/aromatic N) is 2. The highest BCUT2D eigenvalue weighted by atomic mass is 14.7. The monoisotopic (exact) mass is 484 g/mol. The summed E-state index contributed by atoms with van der Waals surface area (Å²) in [5, 5.41) is 7.55. The molecule has 2 aromatic heterocycles. The van der Waals surface area contributed by atoms with Gasteiger partial charge in [0.2, 0.25) is 0 Å². The zero-order chi connectivity index (χ0) is 25.6. The SMILES string of the molecule is C=CC(=C)c1cc(-c2ccc3ccc4c(-c5ccnc(-c6ccccc6)c5)ccc5ccc2c3c54)ccn1. The molecular formula is C36H24N2. The lowest BCUT2D eigenvalue weighted by Crippen LogP contribution is -1.91. The summed E-state index contributed by atoms with van der Waals surface area (Å²) >= 11 is 0. The first-order chi connectivity index (χ1) is 18.7. The third kappa shape index (κ3) is 3.50. The van der Waals surface area contributed by atoms with Gasteiger partial charge in [-0.1, -0.05) is 98.1 Å². The largest absolute Gasteiger partial charge is 0.256 e. The quantitative estimate of drug-likeness (QED) is 0.179. The Morgan fingerprint density at radius 3 is 1.79 bits per heavy atom. The van der Waals surface area contributed by atoms with Gasteiger partial charge in [-0.25, -0.2) is 0 Å². The smallest absolute Gasteiger partial charge is 0.0708 e. The number of aromatic nitrogens is 2. The van der Waals surface area contributed by atoms with Crippen LogP contribution < -0.4 is 0 Å². The Morgan fingerprint density at radius 2 is 1.16 bits per heavy atom. The van der Waals surface area contributed by atoms with Gasteiger partial charge >= 0.3 is 0 Å². The standard InChI is InChI=1S/C36H24N2/c1-3-23(2)33-21-27(17-19-37-33)29-13-9-25-12-16-32-30(14-10-26-11-15-31(29)35(25)36(26)32)28-18-20-38-34(22-28)24-7-5-4-6-8-24/h3-22H,1-2H2. The molecule has 0 fully saturated rings. The molecule has 2 nitrogen and oxygen atoms in total. The molecule has 7 aromatic rings. The average molecular weight is 485 g/mol. The van der Waals surface area contributed by atoms with Gasteiger partial charge in [-0.15, -0.1) is 0 Å². The minimum absolute atomic E-state index is 0.821. The predicted molar refractivity (Wildman–Crippen MR) is 161 cm³/mol. The van der Waals surface area contributed by atoms with Crippen molar-refractivity contribution in [3.63, 3.8) is 0 Å². The van der Waals surface area contributed by atoms with E-state index in [1.54, 1.807) is 6.08 Å². The molecule has 5 aromatic carbocycles. The van der Waals surface area contributed by atoms with Crippen molar-refractivity contribution in [1.82, 2.24) is 9.97 Å². The molecule has 0 aliphatic rings. The molecule has 0 saturated carbocycles. The molecule has 2 heterocycles. The number of pyridine rings is 2. The number of rotatable bonds is 5. The van der Waals surface area contributed by atoms with Crippen LogP contribution in [0.15, 0.2) is 135 Å². The van der Waals surface area contributed by atoms with Gasteiger partial charge < -0.3 is 0 Å². The molecule has 0 spiro atoms. The third-order valence-corrected chi connectivity index (χ3v) is 7.45. The maximum absolute atomic E-state index is 4.65. The fourth-order valence-electron chi connectivity index (χ4n) is 5.55. The summed E-state index contributed by atoms with van der Waals surface area (Å²) in [4.78, 5) is 9.15. The molecule has 0 N–H and O–H groups in total. The molecule has 2 heteroatoms. The lowest BCUT2D eigenvalue weighted by Gasteiger charge is -2.17. The lowest BCUT2D eigenvalue weighted by molar-refractivity contribution is 1.28. The second kappa shape index (κ2) is 8.79. The maximum atomic E-state index is 4.65. The van der Waals surface area contributed by atoms with E-state index in [1.807, 2.05) is 18.5 Å². The minimum atomic E-state index is 0.821. The van der Waals surface area contributed by atoms with Crippen molar-refractivity contribution in [2.45, 2.75) is 0 Å². The van der Waals surface area contributed by atoms with Gasteiger partial charge in [0, 0.05) is 18.0 Å². The summed E-state index contributed by atoms with van der Waals surface area (Å²) in [6.45, 7) is 7.94. The van der Waals surface area contributed by atoms with Crippen LogP contribution in [0, 0.1) is 0 Å². The van der Waals surface area contributed by atoms with Gasteiger partial charge in [0.1, 0.15) is 0 Å². The van der Waals surface area contributed by atoms with Crippen molar-refractivity contribution >= 4 is 37.9 Å². The zero-order valence-electron chi connectivity index (χ0n) is 20.9. The first kappa shape index (κ1) is 22.1. The lowest BCUT2D eigenvalue weighted by atomic mass is 9.87. The number of benzene rings is 5. The van der Waals surface area contributed by atoms with Crippen LogP contribution in [0.5, 0.6) is 0 Å². The van der Waals surface area contributed by atoms with Crippen LogP contribution in [0.25, 0.3) is 71.4 Å². The summed E-state index contributed by atoms with van der Waals surface area (Å²) < 4.78 is 0. The zero-order valence-corrected chi connectivity index (χ0v) is 20.9. The molecule has 0 unspecified atom stereocenters. The van der Waals surface area contributed by atoms with E-state index in [9.17, 15) is 0 Å². The first-order valence-corrected chi connectivity index (χ1v) is 12.7. The van der Waals surface area contributed by atoms with Crippen LogP contribution in [0.3, 0.4) is 0 Å². The van der Waals surface area contributed by atoms with Crippen molar-refractivity contribution < 1.29 is 0 Å². The Kier molecular flexibility index (Phi) is 5.12.